The second-order valence-electron chi connectivity index (χ2n) is 6.71. The number of fused-ring (bicyclic) bond motifs is 1. The van der Waals surface area contributed by atoms with Crippen LogP contribution in [0.1, 0.15) is 27.0 Å². The summed E-state index contributed by atoms with van der Waals surface area (Å²) >= 11 is 5.97. The number of halogens is 1. The molecule has 0 unspecified atom stereocenters. The summed E-state index contributed by atoms with van der Waals surface area (Å²) in [5, 5.41) is 0.595. The van der Waals surface area contributed by atoms with Crippen LogP contribution in [-0.2, 0) is 20.7 Å². The van der Waals surface area contributed by atoms with E-state index in [0.29, 0.717) is 16.3 Å². The van der Waals surface area contributed by atoms with Gasteiger partial charge in [-0.05, 0) is 60.9 Å². The summed E-state index contributed by atoms with van der Waals surface area (Å²) in [6.45, 7) is 2.97. The van der Waals surface area contributed by atoms with Crippen molar-refractivity contribution < 1.29 is 23.9 Å². The van der Waals surface area contributed by atoms with Crippen molar-refractivity contribution in [1.82, 2.24) is 0 Å². The van der Waals surface area contributed by atoms with Crippen LogP contribution < -0.4 is 9.64 Å². The molecule has 0 atom stereocenters. The monoisotopic (exact) mass is 401 g/mol. The van der Waals surface area contributed by atoms with Crippen LogP contribution in [-0.4, -0.2) is 37.9 Å². The molecule has 0 spiro atoms. The maximum Gasteiger partial charge on any atom is 0.344 e. The van der Waals surface area contributed by atoms with E-state index in [1.54, 1.807) is 42.3 Å². The Balaban J connectivity index is 1.55. The van der Waals surface area contributed by atoms with E-state index >= 15 is 0 Å². The number of aryl methyl sites for hydroxylation is 2. The molecule has 0 bridgehead atoms. The first kappa shape index (κ1) is 19.9. The zero-order valence-corrected chi connectivity index (χ0v) is 16.6. The Labute approximate surface area is 168 Å². The molecule has 1 heterocycles. The number of rotatable bonds is 6. The van der Waals surface area contributed by atoms with Crippen molar-refractivity contribution in [2.75, 3.05) is 25.2 Å². The first-order valence-corrected chi connectivity index (χ1v) is 9.12. The van der Waals surface area contributed by atoms with E-state index < -0.39 is 5.97 Å². The molecule has 7 heteroatoms. The van der Waals surface area contributed by atoms with Crippen LogP contribution >= 0.6 is 11.6 Å². The van der Waals surface area contributed by atoms with E-state index in [0.717, 1.165) is 22.4 Å². The SMILES string of the molecule is Cc1cc(Cl)cc(C)c1OCC(=O)OCC(=O)c1ccc2c(c1)CC(=O)N2C. The van der Waals surface area contributed by atoms with Crippen LogP contribution in [0.25, 0.3) is 0 Å². The smallest absolute Gasteiger partial charge is 0.344 e. The maximum absolute atomic E-state index is 12.3. The van der Waals surface area contributed by atoms with Gasteiger partial charge in [0.2, 0.25) is 5.91 Å². The maximum atomic E-state index is 12.3. The van der Waals surface area contributed by atoms with Gasteiger partial charge in [0.05, 0.1) is 6.42 Å². The number of carbonyl (C=O) groups is 3. The number of likely N-dealkylation sites (N-methyl/N-ethyl adjacent to an activating group) is 1. The Hall–Kier alpha value is -2.86. The highest BCUT2D eigenvalue weighted by Gasteiger charge is 2.25. The Kier molecular flexibility index (Phi) is 5.70. The van der Waals surface area contributed by atoms with Crippen LogP contribution in [0.4, 0.5) is 5.69 Å². The molecule has 0 fully saturated rings. The van der Waals surface area contributed by atoms with Crippen molar-refractivity contribution in [3.63, 3.8) is 0 Å². The second kappa shape index (κ2) is 8.02. The van der Waals surface area contributed by atoms with Gasteiger partial charge < -0.3 is 14.4 Å². The van der Waals surface area contributed by atoms with Gasteiger partial charge in [0.1, 0.15) is 5.75 Å². The molecule has 2 aromatic carbocycles. The third-order valence-electron chi connectivity index (χ3n) is 4.60. The third kappa shape index (κ3) is 4.17. The van der Waals surface area contributed by atoms with Crippen molar-refractivity contribution in [2.45, 2.75) is 20.3 Å². The first-order valence-electron chi connectivity index (χ1n) is 8.74. The van der Waals surface area contributed by atoms with Gasteiger partial charge in [0.25, 0.3) is 0 Å². The first-order chi connectivity index (χ1) is 13.3. The van der Waals surface area contributed by atoms with E-state index in [-0.39, 0.29) is 31.3 Å². The molecule has 0 saturated carbocycles. The molecule has 2 aromatic rings. The zero-order valence-electron chi connectivity index (χ0n) is 15.9. The molecule has 28 heavy (non-hydrogen) atoms. The van der Waals surface area contributed by atoms with E-state index in [2.05, 4.69) is 0 Å². The van der Waals surface area contributed by atoms with Gasteiger partial charge in [-0.15, -0.1) is 0 Å². The highest BCUT2D eigenvalue weighted by atomic mass is 35.5. The van der Waals surface area contributed by atoms with Crippen molar-refractivity contribution in [2.24, 2.45) is 0 Å². The van der Waals surface area contributed by atoms with Crippen LogP contribution in [0.15, 0.2) is 30.3 Å². The fourth-order valence-corrected chi connectivity index (χ4v) is 3.50. The van der Waals surface area contributed by atoms with E-state index in [1.807, 2.05) is 13.8 Å². The molecule has 1 amide bonds. The van der Waals surface area contributed by atoms with Crippen LogP contribution in [0, 0.1) is 13.8 Å². The molecule has 1 aliphatic heterocycles. The molecule has 6 nitrogen and oxygen atoms in total. The van der Waals surface area contributed by atoms with Gasteiger partial charge >= 0.3 is 5.97 Å². The lowest BCUT2D eigenvalue weighted by atomic mass is 10.1. The number of hydrogen-bond acceptors (Lipinski definition) is 5. The van der Waals surface area contributed by atoms with Gasteiger partial charge in [-0.3, -0.25) is 9.59 Å². The van der Waals surface area contributed by atoms with Crippen molar-refractivity contribution in [1.29, 1.82) is 0 Å². The average molecular weight is 402 g/mol. The molecular formula is C21H20ClNO5. The van der Waals surface area contributed by atoms with Crippen LogP contribution in [0.5, 0.6) is 5.75 Å². The number of Topliss-reactive ketones (excluding diaryl/α,β-unsaturated/α-hetero) is 1. The number of amides is 1. The molecule has 0 saturated heterocycles. The fourth-order valence-electron chi connectivity index (χ4n) is 3.17. The molecule has 0 aliphatic carbocycles. The van der Waals surface area contributed by atoms with Crippen molar-refractivity contribution in [3.05, 3.63) is 57.6 Å². The number of ketones is 1. The summed E-state index contributed by atoms with van der Waals surface area (Å²) in [4.78, 5) is 37.5. The summed E-state index contributed by atoms with van der Waals surface area (Å²) in [6, 6.07) is 8.51. The lowest BCUT2D eigenvalue weighted by molar-refractivity contribution is -0.144. The van der Waals surface area contributed by atoms with E-state index in [1.165, 1.54) is 0 Å². The topological polar surface area (TPSA) is 72.9 Å². The van der Waals surface area contributed by atoms with E-state index in [9.17, 15) is 14.4 Å². The van der Waals surface area contributed by atoms with Crippen molar-refractivity contribution in [3.8, 4) is 5.75 Å². The lowest BCUT2D eigenvalue weighted by Crippen LogP contribution is -2.20. The molecular weight excluding hydrogens is 382 g/mol. The Morgan fingerprint density at radius 2 is 1.79 bits per heavy atom. The number of nitrogens with zero attached hydrogens (tertiary/aromatic N) is 1. The highest BCUT2D eigenvalue weighted by molar-refractivity contribution is 6.30. The normalized spacial score (nSPS) is 12.7. The number of hydrogen-bond donors (Lipinski definition) is 0. The third-order valence-corrected chi connectivity index (χ3v) is 4.82. The summed E-state index contributed by atoms with van der Waals surface area (Å²) < 4.78 is 10.5. The van der Waals surface area contributed by atoms with Gasteiger partial charge in [-0.25, -0.2) is 4.79 Å². The summed E-state index contributed by atoms with van der Waals surface area (Å²) in [7, 11) is 1.70. The zero-order chi connectivity index (χ0) is 20.4. The lowest BCUT2D eigenvalue weighted by Gasteiger charge is -2.12. The fraction of sp³-hybridized carbons (Fsp3) is 0.286. The Morgan fingerprint density at radius 3 is 2.46 bits per heavy atom. The van der Waals surface area contributed by atoms with Crippen LogP contribution in [0.3, 0.4) is 0 Å². The van der Waals surface area contributed by atoms with Gasteiger partial charge in [-0.2, -0.15) is 0 Å². The Bertz CT molecular complexity index is 946. The van der Waals surface area contributed by atoms with Gasteiger partial charge in [-0.1, -0.05) is 11.6 Å². The summed E-state index contributed by atoms with van der Waals surface area (Å²) in [5.41, 5.74) is 3.61. The number of benzene rings is 2. The average Bonchev–Trinajstić information content (AvgIpc) is 2.92. The predicted octanol–water partition coefficient (Wildman–Crippen LogP) is 3.28. The standard InChI is InChI=1S/C21H20ClNO5/c1-12-6-16(22)7-13(2)21(12)28-11-20(26)27-10-18(24)14-4-5-17-15(8-14)9-19(25)23(17)3/h4-8H,9-11H2,1-3H3. The molecule has 0 radical (unpaired) electrons. The molecule has 146 valence electrons. The number of carbonyl (C=O) groups excluding carboxylic acids is 3. The summed E-state index contributed by atoms with van der Waals surface area (Å²) in [5.74, 6) is -0.425. The van der Waals surface area contributed by atoms with Crippen molar-refractivity contribution >= 4 is 34.9 Å². The largest absolute Gasteiger partial charge is 0.481 e. The quantitative estimate of drug-likeness (QED) is 0.548. The minimum atomic E-state index is -0.641. The second-order valence-corrected chi connectivity index (χ2v) is 7.15. The molecule has 0 N–H and O–H groups in total. The predicted molar refractivity (Wildman–Crippen MR) is 105 cm³/mol. The Morgan fingerprint density at radius 1 is 1.11 bits per heavy atom. The van der Waals surface area contributed by atoms with Gasteiger partial charge in [0, 0.05) is 23.3 Å². The summed E-state index contributed by atoms with van der Waals surface area (Å²) in [6.07, 6.45) is 0.264. The van der Waals surface area contributed by atoms with Crippen LogP contribution in [0.2, 0.25) is 5.02 Å². The molecule has 0 aromatic heterocycles. The molecule has 3 rings (SSSR count). The molecule has 1 aliphatic rings. The number of ether oxygens (including phenoxy) is 2. The minimum Gasteiger partial charge on any atom is -0.481 e. The minimum absolute atomic E-state index is 0.0176. The number of esters is 1. The van der Waals surface area contributed by atoms with E-state index in [4.69, 9.17) is 21.1 Å². The number of anilines is 1. The highest BCUT2D eigenvalue weighted by Crippen LogP contribution is 2.29. The van der Waals surface area contributed by atoms with Gasteiger partial charge in [0.15, 0.2) is 19.0 Å².